The van der Waals surface area contributed by atoms with Crippen LogP contribution in [0.15, 0.2) is 64.6 Å². The molecule has 0 atom stereocenters. The SMILES string of the molecule is COCCn1cnc2ccc(NC(=O)c3c[nH]c4ccccc4c3=O)cc2c1=O. The Morgan fingerprint density at radius 3 is 2.83 bits per heavy atom. The van der Waals surface area contributed by atoms with Crippen molar-refractivity contribution < 1.29 is 9.53 Å². The number of para-hydroxylation sites is 1. The van der Waals surface area contributed by atoms with Crippen LogP contribution in [0.1, 0.15) is 10.4 Å². The largest absolute Gasteiger partial charge is 0.383 e. The van der Waals surface area contributed by atoms with Crippen molar-refractivity contribution in [2.45, 2.75) is 6.54 Å². The first-order valence-corrected chi connectivity index (χ1v) is 8.98. The smallest absolute Gasteiger partial charge is 0.261 e. The summed E-state index contributed by atoms with van der Waals surface area (Å²) in [6.07, 6.45) is 2.86. The number of nitrogens with one attached hydrogen (secondary N) is 2. The van der Waals surface area contributed by atoms with Gasteiger partial charge < -0.3 is 15.0 Å². The summed E-state index contributed by atoms with van der Waals surface area (Å²) in [5.74, 6) is -0.556. The molecule has 0 fully saturated rings. The normalized spacial score (nSPS) is 11.1. The number of amides is 1. The van der Waals surface area contributed by atoms with Crippen LogP contribution in [0.2, 0.25) is 0 Å². The standard InChI is InChI=1S/C21H18N4O4/c1-29-9-8-25-12-23-18-7-6-13(10-15(18)21(25)28)24-20(27)16-11-22-17-5-3-2-4-14(17)19(16)26/h2-7,10-12H,8-9H2,1H3,(H,22,26)(H,24,27). The lowest BCUT2D eigenvalue weighted by Crippen LogP contribution is -2.23. The molecule has 2 N–H and O–H groups in total. The van der Waals surface area contributed by atoms with E-state index >= 15 is 0 Å². The average Bonchev–Trinajstić information content (AvgIpc) is 2.74. The first-order chi connectivity index (χ1) is 14.1. The summed E-state index contributed by atoms with van der Waals surface area (Å²) in [7, 11) is 1.56. The Labute approximate surface area is 164 Å². The van der Waals surface area contributed by atoms with Gasteiger partial charge in [-0.2, -0.15) is 0 Å². The number of aromatic nitrogens is 3. The molecule has 0 unspecified atom stereocenters. The third kappa shape index (κ3) is 3.53. The minimum atomic E-state index is -0.556. The molecule has 0 aliphatic heterocycles. The molecule has 8 heteroatoms. The Hall–Kier alpha value is -3.78. The molecule has 0 aliphatic rings. The Balaban J connectivity index is 1.68. The van der Waals surface area contributed by atoms with Gasteiger partial charge in [0.1, 0.15) is 5.56 Å². The molecule has 0 aliphatic carbocycles. The van der Waals surface area contributed by atoms with E-state index in [1.807, 2.05) is 0 Å². The quantitative estimate of drug-likeness (QED) is 0.543. The number of methoxy groups -OCH3 is 1. The maximum atomic E-state index is 12.7. The van der Waals surface area contributed by atoms with Crippen LogP contribution in [0.3, 0.4) is 0 Å². The van der Waals surface area contributed by atoms with Crippen LogP contribution in [0.25, 0.3) is 21.8 Å². The predicted molar refractivity (Wildman–Crippen MR) is 110 cm³/mol. The third-order valence-electron chi connectivity index (χ3n) is 4.65. The predicted octanol–water partition coefficient (Wildman–Crippen LogP) is 2.14. The number of pyridine rings is 1. The van der Waals surface area contributed by atoms with Crippen molar-refractivity contribution in [3.63, 3.8) is 0 Å². The number of fused-ring (bicyclic) bond motifs is 2. The molecular weight excluding hydrogens is 372 g/mol. The van der Waals surface area contributed by atoms with Crippen molar-refractivity contribution in [3.05, 3.63) is 81.1 Å². The minimum Gasteiger partial charge on any atom is -0.383 e. The summed E-state index contributed by atoms with van der Waals surface area (Å²) in [5, 5.41) is 3.49. The van der Waals surface area contributed by atoms with E-state index in [1.54, 1.807) is 49.6 Å². The van der Waals surface area contributed by atoms with E-state index in [4.69, 9.17) is 4.74 Å². The first kappa shape index (κ1) is 18.6. The van der Waals surface area contributed by atoms with Crippen molar-refractivity contribution >= 4 is 33.4 Å². The number of aromatic amines is 1. The maximum Gasteiger partial charge on any atom is 0.261 e. The summed E-state index contributed by atoms with van der Waals surface area (Å²) < 4.78 is 6.45. The number of rotatable bonds is 5. The lowest BCUT2D eigenvalue weighted by Gasteiger charge is -2.09. The lowest BCUT2D eigenvalue weighted by atomic mass is 10.1. The molecule has 8 nitrogen and oxygen atoms in total. The third-order valence-corrected chi connectivity index (χ3v) is 4.65. The summed E-state index contributed by atoms with van der Waals surface area (Å²) in [5.41, 5.74) is 0.978. The molecule has 0 saturated carbocycles. The number of carbonyl (C=O) groups excluding carboxylic acids is 1. The van der Waals surface area contributed by atoms with E-state index in [0.717, 1.165) is 0 Å². The van der Waals surface area contributed by atoms with E-state index in [9.17, 15) is 14.4 Å². The average molecular weight is 390 g/mol. The van der Waals surface area contributed by atoms with Gasteiger partial charge in [-0.15, -0.1) is 0 Å². The van der Waals surface area contributed by atoms with Crippen LogP contribution in [0.5, 0.6) is 0 Å². The summed E-state index contributed by atoms with van der Waals surface area (Å²) >= 11 is 0. The molecule has 4 aromatic rings. The van der Waals surface area contributed by atoms with Crippen LogP contribution in [-0.4, -0.2) is 34.2 Å². The van der Waals surface area contributed by atoms with Crippen molar-refractivity contribution in [3.8, 4) is 0 Å². The lowest BCUT2D eigenvalue weighted by molar-refractivity contribution is 0.102. The first-order valence-electron chi connectivity index (χ1n) is 8.98. The van der Waals surface area contributed by atoms with E-state index < -0.39 is 5.91 Å². The van der Waals surface area contributed by atoms with Gasteiger partial charge in [0, 0.05) is 29.9 Å². The van der Waals surface area contributed by atoms with Gasteiger partial charge in [-0.1, -0.05) is 12.1 Å². The Morgan fingerprint density at radius 2 is 2.00 bits per heavy atom. The molecule has 0 saturated heterocycles. The number of ether oxygens (including phenoxy) is 1. The van der Waals surface area contributed by atoms with E-state index in [0.29, 0.717) is 40.6 Å². The van der Waals surface area contributed by atoms with Gasteiger partial charge in [0.15, 0.2) is 0 Å². The van der Waals surface area contributed by atoms with Crippen LogP contribution >= 0.6 is 0 Å². The second kappa shape index (κ2) is 7.69. The van der Waals surface area contributed by atoms with Gasteiger partial charge in [0.2, 0.25) is 5.43 Å². The van der Waals surface area contributed by atoms with Crippen molar-refractivity contribution in [1.82, 2.24) is 14.5 Å². The van der Waals surface area contributed by atoms with Crippen LogP contribution in [0, 0.1) is 0 Å². The zero-order valence-corrected chi connectivity index (χ0v) is 15.6. The molecule has 0 bridgehead atoms. The molecular formula is C21H18N4O4. The number of hydrogen-bond donors (Lipinski definition) is 2. The number of nitrogens with zero attached hydrogens (tertiary/aromatic N) is 2. The highest BCUT2D eigenvalue weighted by atomic mass is 16.5. The molecule has 2 aromatic carbocycles. The van der Waals surface area contributed by atoms with Gasteiger partial charge in [-0.25, -0.2) is 4.98 Å². The fraction of sp³-hybridized carbons (Fsp3) is 0.143. The topological polar surface area (TPSA) is 106 Å². The Morgan fingerprint density at radius 1 is 1.17 bits per heavy atom. The van der Waals surface area contributed by atoms with Crippen LogP contribution in [0.4, 0.5) is 5.69 Å². The summed E-state index contributed by atoms with van der Waals surface area (Å²) in [4.78, 5) is 45.1. The van der Waals surface area contributed by atoms with Gasteiger partial charge in [-0.05, 0) is 30.3 Å². The number of H-pyrrole nitrogens is 1. The fourth-order valence-electron chi connectivity index (χ4n) is 3.12. The monoisotopic (exact) mass is 390 g/mol. The number of hydrogen-bond acceptors (Lipinski definition) is 5. The second-order valence-corrected chi connectivity index (χ2v) is 6.50. The highest BCUT2D eigenvalue weighted by Crippen LogP contribution is 2.15. The van der Waals surface area contributed by atoms with Crippen molar-refractivity contribution in [2.75, 3.05) is 19.0 Å². The summed E-state index contributed by atoms with van der Waals surface area (Å²) in [6, 6.07) is 11.8. The van der Waals surface area contributed by atoms with Crippen molar-refractivity contribution in [1.29, 1.82) is 0 Å². The van der Waals surface area contributed by atoms with Gasteiger partial charge in [0.25, 0.3) is 11.5 Å². The van der Waals surface area contributed by atoms with Crippen LogP contribution < -0.4 is 16.3 Å². The highest BCUT2D eigenvalue weighted by Gasteiger charge is 2.14. The fourth-order valence-corrected chi connectivity index (χ4v) is 3.12. The van der Waals surface area contributed by atoms with E-state index in [-0.39, 0.29) is 16.6 Å². The van der Waals surface area contributed by atoms with Crippen molar-refractivity contribution in [2.24, 2.45) is 0 Å². The highest BCUT2D eigenvalue weighted by molar-refractivity contribution is 6.06. The maximum absolute atomic E-state index is 12.7. The molecule has 29 heavy (non-hydrogen) atoms. The molecule has 4 rings (SSSR count). The zero-order chi connectivity index (χ0) is 20.4. The molecule has 0 spiro atoms. The minimum absolute atomic E-state index is 0.00695. The Bertz CT molecular complexity index is 1340. The molecule has 2 heterocycles. The van der Waals surface area contributed by atoms with Gasteiger partial charge in [0.05, 0.1) is 30.4 Å². The second-order valence-electron chi connectivity index (χ2n) is 6.50. The van der Waals surface area contributed by atoms with E-state index in [2.05, 4.69) is 15.3 Å². The Kier molecular flexibility index (Phi) is 4.92. The van der Waals surface area contributed by atoms with Gasteiger partial charge >= 0.3 is 0 Å². The number of carbonyl (C=O) groups is 1. The summed E-state index contributed by atoms with van der Waals surface area (Å²) in [6.45, 7) is 0.760. The van der Waals surface area contributed by atoms with Gasteiger partial charge in [-0.3, -0.25) is 19.0 Å². The van der Waals surface area contributed by atoms with E-state index in [1.165, 1.54) is 17.1 Å². The molecule has 1 amide bonds. The molecule has 0 radical (unpaired) electrons. The molecule has 146 valence electrons. The zero-order valence-electron chi connectivity index (χ0n) is 15.6. The number of anilines is 1. The number of benzene rings is 2. The van der Waals surface area contributed by atoms with Crippen LogP contribution in [-0.2, 0) is 11.3 Å². The molecule has 2 aromatic heterocycles.